The van der Waals surface area contributed by atoms with E-state index in [-0.39, 0.29) is 6.04 Å². The number of hydrogen-bond donors (Lipinski definition) is 1. The quantitative estimate of drug-likeness (QED) is 0.868. The Labute approximate surface area is 98.7 Å². The highest BCUT2D eigenvalue weighted by Gasteiger charge is 2.07. The first kappa shape index (κ1) is 11.3. The van der Waals surface area contributed by atoms with Crippen molar-refractivity contribution in [2.75, 3.05) is 18.5 Å². The zero-order valence-corrected chi connectivity index (χ0v) is 10.3. The summed E-state index contributed by atoms with van der Waals surface area (Å²) in [5, 5.41) is 5.37. The number of nitrogens with zero attached hydrogens (tertiary/aromatic N) is 2. The molecule has 16 heavy (non-hydrogen) atoms. The number of hydrogen-bond acceptors (Lipinski definition) is 5. The lowest BCUT2D eigenvalue weighted by Crippen LogP contribution is -2.22. The fourth-order valence-electron chi connectivity index (χ4n) is 1.46. The molecular formula is C11H15N3OS. The number of rotatable bonds is 5. The van der Waals surface area contributed by atoms with Crippen molar-refractivity contribution in [2.24, 2.45) is 0 Å². The molecule has 4 nitrogen and oxygen atoms in total. The largest absolute Gasteiger partial charge is 0.380 e. The number of thiophene rings is 1. The van der Waals surface area contributed by atoms with Crippen LogP contribution in [0.2, 0.25) is 0 Å². The summed E-state index contributed by atoms with van der Waals surface area (Å²) in [6.07, 6.45) is 1.59. The molecule has 0 bridgehead atoms. The molecule has 0 aromatic carbocycles. The van der Waals surface area contributed by atoms with Crippen LogP contribution in [0.3, 0.4) is 0 Å². The van der Waals surface area contributed by atoms with Gasteiger partial charge in [-0.05, 0) is 25.3 Å². The average Bonchev–Trinajstić information content (AvgIpc) is 2.75. The van der Waals surface area contributed by atoms with E-state index >= 15 is 0 Å². The zero-order chi connectivity index (χ0) is 11.4. The van der Waals surface area contributed by atoms with E-state index in [0.717, 1.165) is 22.6 Å². The predicted molar refractivity (Wildman–Crippen MR) is 67.0 cm³/mol. The number of aromatic nitrogens is 2. The molecule has 2 rings (SSSR count). The van der Waals surface area contributed by atoms with Gasteiger partial charge in [0.25, 0.3) is 0 Å². The average molecular weight is 237 g/mol. The summed E-state index contributed by atoms with van der Waals surface area (Å²) in [6, 6.07) is 2.25. The molecule has 2 aromatic rings. The van der Waals surface area contributed by atoms with Gasteiger partial charge in [0.15, 0.2) is 0 Å². The van der Waals surface area contributed by atoms with Crippen LogP contribution in [0.5, 0.6) is 0 Å². The molecule has 2 heterocycles. The van der Waals surface area contributed by atoms with Crippen molar-refractivity contribution < 1.29 is 4.74 Å². The first-order valence-electron chi connectivity index (χ1n) is 5.33. The molecule has 0 amide bonds. The van der Waals surface area contributed by atoms with Crippen LogP contribution < -0.4 is 5.32 Å². The molecule has 0 saturated carbocycles. The van der Waals surface area contributed by atoms with E-state index in [0.29, 0.717) is 6.61 Å². The second-order valence-corrected chi connectivity index (χ2v) is 4.48. The third kappa shape index (κ3) is 2.48. The summed E-state index contributed by atoms with van der Waals surface area (Å²) < 4.78 is 6.46. The van der Waals surface area contributed by atoms with Crippen molar-refractivity contribution in [1.82, 2.24) is 9.97 Å². The fourth-order valence-corrected chi connectivity index (χ4v) is 2.26. The number of nitrogens with one attached hydrogen (secondary N) is 1. The van der Waals surface area contributed by atoms with Gasteiger partial charge in [0.05, 0.1) is 16.8 Å². The topological polar surface area (TPSA) is 47.0 Å². The Morgan fingerprint density at radius 3 is 3.19 bits per heavy atom. The van der Waals surface area contributed by atoms with Gasteiger partial charge in [0.1, 0.15) is 12.1 Å². The minimum absolute atomic E-state index is 0.250. The van der Waals surface area contributed by atoms with Crippen molar-refractivity contribution in [2.45, 2.75) is 19.9 Å². The Balaban J connectivity index is 2.11. The number of fused-ring (bicyclic) bond motifs is 1. The van der Waals surface area contributed by atoms with Crippen molar-refractivity contribution in [1.29, 1.82) is 0 Å². The van der Waals surface area contributed by atoms with E-state index in [4.69, 9.17) is 4.74 Å². The highest BCUT2D eigenvalue weighted by atomic mass is 32.1. The molecule has 5 heteroatoms. The molecular weight excluding hydrogens is 222 g/mol. The van der Waals surface area contributed by atoms with Crippen LogP contribution >= 0.6 is 11.3 Å². The molecule has 0 saturated heterocycles. The summed E-state index contributed by atoms with van der Waals surface area (Å²) in [7, 11) is 0. The van der Waals surface area contributed by atoms with Gasteiger partial charge in [0, 0.05) is 12.6 Å². The fraction of sp³-hybridized carbons (Fsp3) is 0.455. The predicted octanol–water partition coefficient (Wildman–Crippen LogP) is 2.53. The Morgan fingerprint density at radius 1 is 1.50 bits per heavy atom. The third-order valence-electron chi connectivity index (χ3n) is 2.20. The van der Waals surface area contributed by atoms with Crippen LogP contribution in [-0.4, -0.2) is 29.2 Å². The molecule has 0 aliphatic heterocycles. The Morgan fingerprint density at radius 2 is 2.38 bits per heavy atom. The van der Waals surface area contributed by atoms with Gasteiger partial charge in [-0.1, -0.05) is 0 Å². The molecule has 0 aliphatic rings. The molecule has 0 unspecified atom stereocenters. The second kappa shape index (κ2) is 5.23. The number of anilines is 1. The maximum absolute atomic E-state index is 5.36. The van der Waals surface area contributed by atoms with Crippen LogP contribution in [0.25, 0.3) is 10.2 Å². The molecule has 2 aromatic heterocycles. The zero-order valence-electron chi connectivity index (χ0n) is 9.43. The van der Waals surface area contributed by atoms with Crippen LogP contribution in [0, 0.1) is 0 Å². The molecule has 1 N–H and O–H groups in total. The second-order valence-electron chi connectivity index (χ2n) is 3.56. The van der Waals surface area contributed by atoms with Crippen molar-refractivity contribution in [3.8, 4) is 0 Å². The van der Waals surface area contributed by atoms with Crippen LogP contribution in [-0.2, 0) is 4.74 Å². The van der Waals surface area contributed by atoms with E-state index in [1.165, 1.54) is 0 Å². The maximum atomic E-state index is 5.36. The lowest BCUT2D eigenvalue weighted by atomic mass is 10.3. The maximum Gasteiger partial charge on any atom is 0.147 e. The van der Waals surface area contributed by atoms with Gasteiger partial charge >= 0.3 is 0 Å². The Hall–Kier alpha value is -1.20. The summed E-state index contributed by atoms with van der Waals surface area (Å²) in [5.74, 6) is 0.896. The molecule has 1 atom stereocenters. The van der Waals surface area contributed by atoms with E-state index in [2.05, 4.69) is 22.2 Å². The van der Waals surface area contributed by atoms with Crippen LogP contribution in [0.4, 0.5) is 5.82 Å². The molecule has 86 valence electrons. The Kier molecular flexibility index (Phi) is 3.69. The van der Waals surface area contributed by atoms with Crippen molar-refractivity contribution in [3.05, 3.63) is 17.8 Å². The smallest absolute Gasteiger partial charge is 0.147 e. The highest BCUT2D eigenvalue weighted by molar-refractivity contribution is 7.17. The van der Waals surface area contributed by atoms with Gasteiger partial charge < -0.3 is 10.1 Å². The summed E-state index contributed by atoms with van der Waals surface area (Å²) in [4.78, 5) is 8.46. The molecule has 0 aliphatic carbocycles. The standard InChI is InChI=1S/C11H15N3OS/c1-3-15-6-8(2)14-11-10-9(4-5-16-10)12-7-13-11/h4-5,7-8H,3,6H2,1-2H3,(H,12,13,14)/t8-/m0/s1. The monoisotopic (exact) mass is 237 g/mol. The van der Waals surface area contributed by atoms with E-state index in [1.807, 2.05) is 18.4 Å². The Bertz CT molecular complexity index is 457. The van der Waals surface area contributed by atoms with Gasteiger partial charge in [-0.3, -0.25) is 0 Å². The third-order valence-corrected chi connectivity index (χ3v) is 3.11. The summed E-state index contributed by atoms with van der Waals surface area (Å²) in [6.45, 7) is 5.50. The van der Waals surface area contributed by atoms with Gasteiger partial charge in [0.2, 0.25) is 0 Å². The summed E-state index contributed by atoms with van der Waals surface area (Å²) >= 11 is 1.65. The SMILES string of the molecule is CCOC[C@H](C)Nc1ncnc2ccsc12. The van der Waals surface area contributed by atoms with E-state index in [1.54, 1.807) is 17.7 Å². The van der Waals surface area contributed by atoms with Crippen LogP contribution in [0.1, 0.15) is 13.8 Å². The molecule has 0 radical (unpaired) electrons. The summed E-state index contributed by atoms with van der Waals surface area (Å²) in [5.41, 5.74) is 0.992. The van der Waals surface area contributed by atoms with E-state index in [9.17, 15) is 0 Å². The van der Waals surface area contributed by atoms with Gasteiger partial charge in [-0.25, -0.2) is 9.97 Å². The van der Waals surface area contributed by atoms with Gasteiger partial charge in [-0.2, -0.15) is 0 Å². The number of ether oxygens (including phenoxy) is 1. The van der Waals surface area contributed by atoms with Gasteiger partial charge in [-0.15, -0.1) is 11.3 Å². The van der Waals surface area contributed by atoms with E-state index < -0.39 is 0 Å². The minimum atomic E-state index is 0.250. The lowest BCUT2D eigenvalue weighted by molar-refractivity contribution is 0.141. The molecule has 0 fully saturated rings. The first-order chi connectivity index (χ1) is 7.81. The van der Waals surface area contributed by atoms with Crippen molar-refractivity contribution >= 4 is 27.4 Å². The lowest BCUT2D eigenvalue weighted by Gasteiger charge is -2.14. The normalized spacial score (nSPS) is 12.9. The minimum Gasteiger partial charge on any atom is -0.380 e. The first-order valence-corrected chi connectivity index (χ1v) is 6.21. The highest BCUT2D eigenvalue weighted by Crippen LogP contribution is 2.25. The molecule has 0 spiro atoms. The van der Waals surface area contributed by atoms with Crippen LogP contribution in [0.15, 0.2) is 17.8 Å². The van der Waals surface area contributed by atoms with Crippen molar-refractivity contribution in [3.63, 3.8) is 0 Å².